The summed E-state index contributed by atoms with van der Waals surface area (Å²) in [4.78, 5) is 16.5. The number of fused-ring (bicyclic) bond motifs is 3. The topological polar surface area (TPSA) is 69.7 Å². The van der Waals surface area contributed by atoms with E-state index in [1.807, 2.05) is 24.3 Å². The number of sulfonamides is 1. The van der Waals surface area contributed by atoms with E-state index in [-0.39, 0.29) is 11.9 Å². The van der Waals surface area contributed by atoms with Gasteiger partial charge in [-0.1, -0.05) is 12.1 Å². The Balaban J connectivity index is 1.93. The van der Waals surface area contributed by atoms with Gasteiger partial charge >= 0.3 is 0 Å². The molecule has 2 aliphatic heterocycles. The van der Waals surface area contributed by atoms with Crippen LogP contribution in [0.4, 0.5) is 11.4 Å². The van der Waals surface area contributed by atoms with Crippen molar-refractivity contribution in [3.8, 4) is 0 Å². The number of piperidine rings is 1. The second kappa shape index (κ2) is 5.89. The summed E-state index contributed by atoms with van der Waals surface area (Å²) in [6.07, 6.45) is 3.35. The normalized spacial score (nSPS) is 21.2. The van der Waals surface area contributed by atoms with Crippen molar-refractivity contribution in [3.63, 3.8) is 0 Å². The fraction of sp³-hybridized carbons (Fsp3) is 0.533. The molecule has 0 radical (unpaired) electrons. The number of carbonyl (C=O) groups is 1. The molecule has 3 rings (SSSR count). The van der Waals surface area contributed by atoms with Gasteiger partial charge in [-0.3, -0.25) is 4.79 Å². The Kier molecular flexibility index (Phi) is 4.10. The standard InChI is InChI=1S/C15H21N3O3S/c1-16-22(20,21)11-15(19)18-10-12-6-4-5-9-17(12)13-7-2-3-8-14(13)18/h2-3,7-8,12,16H,4-6,9-11H2,1H3. The Morgan fingerprint density at radius 3 is 2.73 bits per heavy atom. The van der Waals surface area contributed by atoms with Gasteiger partial charge in [0.25, 0.3) is 0 Å². The average Bonchev–Trinajstić information content (AvgIpc) is 2.53. The highest BCUT2D eigenvalue weighted by molar-refractivity contribution is 7.90. The second-order valence-corrected chi connectivity index (χ2v) is 7.73. The Morgan fingerprint density at radius 1 is 1.27 bits per heavy atom. The first-order valence-electron chi connectivity index (χ1n) is 7.59. The molecule has 1 atom stereocenters. The van der Waals surface area contributed by atoms with E-state index in [1.165, 1.54) is 7.05 Å². The lowest BCUT2D eigenvalue weighted by molar-refractivity contribution is -0.116. The lowest BCUT2D eigenvalue weighted by Crippen LogP contribution is -2.54. The Morgan fingerprint density at radius 2 is 2.00 bits per heavy atom. The third kappa shape index (κ3) is 2.83. The van der Waals surface area contributed by atoms with E-state index in [1.54, 1.807) is 4.90 Å². The minimum atomic E-state index is -3.55. The number of amides is 1. The number of anilines is 2. The van der Waals surface area contributed by atoms with E-state index in [0.29, 0.717) is 6.54 Å². The number of hydrogen-bond donors (Lipinski definition) is 1. The van der Waals surface area contributed by atoms with Crippen LogP contribution in [-0.4, -0.2) is 46.3 Å². The molecule has 0 aromatic heterocycles. The molecule has 0 bridgehead atoms. The van der Waals surface area contributed by atoms with Crippen LogP contribution >= 0.6 is 0 Å². The molecule has 7 heteroatoms. The van der Waals surface area contributed by atoms with Crippen LogP contribution in [0, 0.1) is 0 Å². The minimum Gasteiger partial charge on any atom is -0.365 e. The quantitative estimate of drug-likeness (QED) is 0.899. The fourth-order valence-electron chi connectivity index (χ4n) is 3.30. The molecule has 1 fully saturated rings. The molecule has 6 nitrogen and oxygen atoms in total. The van der Waals surface area contributed by atoms with Gasteiger partial charge in [0.05, 0.1) is 11.4 Å². The molecule has 0 spiro atoms. The van der Waals surface area contributed by atoms with Crippen molar-refractivity contribution in [1.29, 1.82) is 0 Å². The average molecular weight is 323 g/mol. The van der Waals surface area contributed by atoms with Gasteiger partial charge in [0.1, 0.15) is 5.75 Å². The number of nitrogens with zero attached hydrogens (tertiary/aromatic N) is 2. The first-order chi connectivity index (χ1) is 10.5. The Bertz CT molecular complexity index is 674. The number of hydrogen-bond acceptors (Lipinski definition) is 4. The van der Waals surface area contributed by atoms with Gasteiger partial charge in [-0.15, -0.1) is 0 Å². The molecule has 1 amide bonds. The number of rotatable bonds is 3. The maximum atomic E-state index is 12.5. The molecule has 0 aliphatic carbocycles. The number of para-hydroxylation sites is 2. The molecule has 1 unspecified atom stereocenters. The van der Waals surface area contributed by atoms with Crippen molar-refractivity contribution in [2.45, 2.75) is 25.3 Å². The molecule has 1 saturated heterocycles. The van der Waals surface area contributed by atoms with Crippen molar-refractivity contribution in [3.05, 3.63) is 24.3 Å². The number of carbonyl (C=O) groups excluding carboxylic acids is 1. The zero-order chi connectivity index (χ0) is 15.7. The van der Waals surface area contributed by atoms with Crippen LogP contribution in [0.5, 0.6) is 0 Å². The Hall–Kier alpha value is -1.60. The van der Waals surface area contributed by atoms with E-state index >= 15 is 0 Å². The Labute approximate surface area is 131 Å². The first kappa shape index (κ1) is 15.3. The molecule has 2 heterocycles. The van der Waals surface area contributed by atoms with Gasteiger partial charge in [-0.2, -0.15) is 0 Å². The van der Waals surface area contributed by atoms with E-state index < -0.39 is 15.8 Å². The summed E-state index contributed by atoms with van der Waals surface area (Å²) in [6, 6.07) is 8.03. The van der Waals surface area contributed by atoms with Crippen LogP contribution in [0.15, 0.2) is 24.3 Å². The van der Waals surface area contributed by atoms with E-state index in [4.69, 9.17) is 0 Å². The molecule has 0 saturated carbocycles. The summed E-state index contributed by atoms with van der Waals surface area (Å²) in [5.74, 6) is -0.878. The lowest BCUT2D eigenvalue weighted by atomic mass is 9.97. The third-order valence-electron chi connectivity index (χ3n) is 4.43. The van der Waals surface area contributed by atoms with E-state index in [0.717, 1.165) is 37.2 Å². The van der Waals surface area contributed by atoms with Gasteiger partial charge in [0.15, 0.2) is 0 Å². The van der Waals surface area contributed by atoms with Gasteiger partial charge in [-0.05, 0) is 38.4 Å². The van der Waals surface area contributed by atoms with Crippen molar-refractivity contribution in [2.24, 2.45) is 0 Å². The van der Waals surface area contributed by atoms with Gasteiger partial charge in [-0.25, -0.2) is 13.1 Å². The summed E-state index contributed by atoms with van der Waals surface area (Å²) in [5, 5.41) is 0. The fourth-order valence-corrected chi connectivity index (χ4v) is 3.93. The highest BCUT2D eigenvalue weighted by Crippen LogP contribution is 2.38. The molecule has 120 valence electrons. The van der Waals surface area contributed by atoms with Crippen molar-refractivity contribution in [2.75, 3.05) is 35.7 Å². The molecular weight excluding hydrogens is 302 g/mol. The van der Waals surface area contributed by atoms with Crippen LogP contribution in [0.3, 0.4) is 0 Å². The molecular formula is C15H21N3O3S. The second-order valence-electron chi connectivity index (χ2n) is 5.80. The highest BCUT2D eigenvalue weighted by Gasteiger charge is 2.35. The van der Waals surface area contributed by atoms with Crippen molar-refractivity contribution in [1.82, 2.24) is 4.72 Å². The number of benzene rings is 1. The summed E-state index contributed by atoms with van der Waals surface area (Å²) in [7, 11) is -2.23. The predicted molar refractivity (Wildman–Crippen MR) is 86.6 cm³/mol. The van der Waals surface area contributed by atoms with E-state index in [2.05, 4.69) is 9.62 Å². The molecule has 1 N–H and O–H groups in total. The van der Waals surface area contributed by atoms with Crippen LogP contribution in [0.2, 0.25) is 0 Å². The SMILES string of the molecule is CNS(=O)(=O)CC(=O)N1CC2CCCCN2c2ccccc21. The summed E-state index contributed by atoms with van der Waals surface area (Å²) in [6.45, 7) is 1.56. The summed E-state index contributed by atoms with van der Waals surface area (Å²) >= 11 is 0. The molecule has 1 aromatic rings. The maximum absolute atomic E-state index is 12.5. The van der Waals surface area contributed by atoms with Crippen LogP contribution in [0.25, 0.3) is 0 Å². The van der Waals surface area contributed by atoms with Crippen LogP contribution < -0.4 is 14.5 Å². The van der Waals surface area contributed by atoms with Crippen molar-refractivity contribution < 1.29 is 13.2 Å². The molecule has 22 heavy (non-hydrogen) atoms. The van der Waals surface area contributed by atoms with Gasteiger partial charge in [0, 0.05) is 19.1 Å². The largest absolute Gasteiger partial charge is 0.365 e. The van der Waals surface area contributed by atoms with Crippen molar-refractivity contribution >= 4 is 27.3 Å². The van der Waals surface area contributed by atoms with Crippen LogP contribution in [0.1, 0.15) is 19.3 Å². The van der Waals surface area contributed by atoms with Gasteiger partial charge in [0.2, 0.25) is 15.9 Å². The van der Waals surface area contributed by atoms with Crippen LogP contribution in [-0.2, 0) is 14.8 Å². The minimum absolute atomic E-state index is 0.282. The third-order valence-corrected chi connectivity index (χ3v) is 5.68. The van der Waals surface area contributed by atoms with Gasteiger partial charge < -0.3 is 9.80 Å². The maximum Gasteiger partial charge on any atom is 0.243 e. The smallest absolute Gasteiger partial charge is 0.243 e. The predicted octanol–water partition coefficient (Wildman–Crippen LogP) is 0.941. The zero-order valence-electron chi connectivity index (χ0n) is 12.7. The monoisotopic (exact) mass is 323 g/mol. The number of nitrogens with one attached hydrogen (secondary N) is 1. The summed E-state index contributed by atoms with van der Waals surface area (Å²) in [5.41, 5.74) is 1.85. The first-order valence-corrected chi connectivity index (χ1v) is 9.24. The van der Waals surface area contributed by atoms with E-state index in [9.17, 15) is 13.2 Å². The lowest BCUT2D eigenvalue weighted by Gasteiger charge is -2.46. The summed E-state index contributed by atoms with van der Waals surface area (Å²) < 4.78 is 25.6. The molecule has 1 aromatic carbocycles. The molecule has 2 aliphatic rings. The highest BCUT2D eigenvalue weighted by atomic mass is 32.2. The zero-order valence-corrected chi connectivity index (χ0v) is 13.5.